The lowest BCUT2D eigenvalue weighted by molar-refractivity contribution is 0.247. The number of hydrogen-bond acceptors (Lipinski definition) is 2. The Morgan fingerprint density at radius 2 is 2.29 bits per heavy atom. The first-order valence-corrected chi connectivity index (χ1v) is 6.10. The molecule has 0 heterocycles. The van der Waals surface area contributed by atoms with Gasteiger partial charge >= 0.3 is 6.03 Å². The number of halogens is 1. The van der Waals surface area contributed by atoms with Crippen molar-refractivity contribution in [1.82, 2.24) is 5.32 Å². The molecule has 92 valence electrons. The predicted octanol–water partition coefficient (Wildman–Crippen LogP) is 2.20. The molecule has 1 aliphatic carbocycles. The van der Waals surface area contributed by atoms with Crippen molar-refractivity contribution in [2.24, 2.45) is 11.7 Å². The summed E-state index contributed by atoms with van der Waals surface area (Å²) in [6, 6.07) is 6.90. The standard InChI is InChI=1S/C12H16ClN3O/c13-9-2-1-3-10(6-9)15-12(17)16-11(7-14)8-4-5-8/h1-3,6,8,11H,4-5,7,14H2,(H2,15,16,17). The second kappa shape index (κ2) is 5.38. The number of carbonyl (C=O) groups is 1. The maximum Gasteiger partial charge on any atom is 0.319 e. The summed E-state index contributed by atoms with van der Waals surface area (Å²) in [6.07, 6.45) is 2.30. The number of hydrogen-bond donors (Lipinski definition) is 3. The van der Waals surface area contributed by atoms with Crippen molar-refractivity contribution in [2.45, 2.75) is 18.9 Å². The molecule has 4 N–H and O–H groups in total. The third-order valence-electron chi connectivity index (χ3n) is 2.84. The fourth-order valence-electron chi connectivity index (χ4n) is 1.77. The van der Waals surface area contributed by atoms with Gasteiger partial charge in [0.1, 0.15) is 0 Å². The molecule has 2 amide bonds. The van der Waals surface area contributed by atoms with Gasteiger partial charge in [0, 0.05) is 23.3 Å². The van der Waals surface area contributed by atoms with Crippen LogP contribution in [-0.4, -0.2) is 18.6 Å². The highest BCUT2D eigenvalue weighted by atomic mass is 35.5. The molecule has 2 rings (SSSR count). The highest BCUT2D eigenvalue weighted by Crippen LogP contribution is 2.32. The van der Waals surface area contributed by atoms with Gasteiger partial charge in [0.05, 0.1) is 0 Å². The van der Waals surface area contributed by atoms with Crippen molar-refractivity contribution in [2.75, 3.05) is 11.9 Å². The molecule has 1 saturated carbocycles. The minimum absolute atomic E-state index is 0.0779. The lowest BCUT2D eigenvalue weighted by Gasteiger charge is -2.16. The van der Waals surface area contributed by atoms with Crippen LogP contribution in [0.2, 0.25) is 5.02 Å². The first-order chi connectivity index (χ1) is 8.19. The van der Waals surface area contributed by atoms with Gasteiger partial charge in [-0.25, -0.2) is 4.79 Å². The summed E-state index contributed by atoms with van der Waals surface area (Å²) in [7, 11) is 0. The smallest absolute Gasteiger partial charge is 0.319 e. The molecule has 1 aromatic carbocycles. The fraction of sp³-hybridized carbons (Fsp3) is 0.417. The number of carbonyl (C=O) groups excluding carboxylic acids is 1. The van der Waals surface area contributed by atoms with Crippen molar-refractivity contribution in [1.29, 1.82) is 0 Å². The molecule has 0 bridgehead atoms. The number of rotatable bonds is 4. The first kappa shape index (κ1) is 12.2. The van der Waals surface area contributed by atoms with E-state index >= 15 is 0 Å². The molecular formula is C12H16ClN3O. The van der Waals surface area contributed by atoms with E-state index in [0.29, 0.717) is 23.2 Å². The molecular weight excluding hydrogens is 238 g/mol. The average molecular weight is 254 g/mol. The van der Waals surface area contributed by atoms with E-state index < -0.39 is 0 Å². The quantitative estimate of drug-likeness (QED) is 0.770. The molecule has 1 fully saturated rings. The minimum Gasteiger partial charge on any atom is -0.334 e. The van der Waals surface area contributed by atoms with Crippen molar-refractivity contribution in [3.8, 4) is 0 Å². The van der Waals surface area contributed by atoms with Crippen molar-refractivity contribution in [3.05, 3.63) is 29.3 Å². The van der Waals surface area contributed by atoms with Crippen LogP contribution in [0.15, 0.2) is 24.3 Å². The van der Waals surface area contributed by atoms with Crippen LogP contribution in [0, 0.1) is 5.92 Å². The predicted molar refractivity (Wildman–Crippen MR) is 69.2 cm³/mol. The third-order valence-corrected chi connectivity index (χ3v) is 3.08. The second-order valence-electron chi connectivity index (χ2n) is 4.29. The van der Waals surface area contributed by atoms with Crippen molar-refractivity contribution in [3.63, 3.8) is 0 Å². The SMILES string of the molecule is NCC(NC(=O)Nc1cccc(Cl)c1)C1CC1. The van der Waals surface area contributed by atoms with E-state index in [9.17, 15) is 4.79 Å². The number of amides is 2. The Kier molecular flexibility index (Phi) is 3.86. The first-order valence-electron chi connectivity index (χ1n) is 5.72. The lowest BCUT2D eigenvalue weighted by atomic mass is 10.2. The monoisotopic (exact) mass is 253 g/mol. The van der Waals surface area contributed by atoms with Crippen LogP contribution >= 0.6 is 11.6 Å². The highest BCUT2D eigenvalue weighted by Gasteiger charge is 2.31. The van der Waals surface area contributed by atoms with E-state index in [2.05, 4.69) is 10.6 Å². The van der Waals surface area contributed by atoms with Crippen LogP contribution in [0.4, 0.5) is 10.5 Å². The van der Waals surface area contributed by atoms with Crippen LogP contribution in [0.1, 0.15) is 12.8 Å². The van der Waals surface area contributed by atoms with Gasteiger partial charge in [-0.2, -0.15) is 0 Å². The van der Waals surface area contributed by atoms with Gasteiger partial charge in [0.15, 0.2) is 0 Å². The molecule has 0 spiro atoms. The summed E-state index contributed by atoms with van der Waals surface area (Å²) in [5.41, 5.74) is 6.30. The Morgan fingerprint density at radius 3 is 2.88 bits per heavy atom. The van der Waals surface area contributed by atoms with Crippen molar-refractivity contribution >= 4 is 23.3 Å². The molecule has 0 saturated heterocycles. The Balaban J connectivity index is 1.88. The summed E-state index contributed by atoms with van der Waals surface area (Å²) in [4.78, 5) is 11.7. The number of nitrogens with two attached hydrogens (primary N) is 1. The normalized spacial score (nSPS) is 16.4. The topological polar surface area (TPSA) is 67.1 Å². The average Bonchev–Trinajstić information content (AvgIpc) is 3.09. The van der Waals surface area contributed by atoms with E-state index in [4.69, 9.17) is 17.3 Å². The number of nitrogens with one attached hydrogen (secondary N) is 2. The molecule has 17 heavy (non-hydrogen) atoms. The van der Waals surface area contributed by atoms with Gasteiger partial charge < -0.3 is 16.4 Å². The van der Waals surface area contributed by atoms with Crippen LogP contribution in [-0.2, 0) is 0 Å². The van der Waals surface area contributed by atoms with Gasteiger partial charge in [-0.05, 0) is 37.0 Å². The number of anilines is 1. The fourth-order valence-corrected chi connectivity index (χ4v) is 1.96. The Bertz CT molecular complexity index is 406. The zero-order valence-electron chi connectivity index (χ0n) is 9.45. The van der Waals surface area contributed by atoms with E-state index in [1.165, 1.54) is 0 Å². The van der Waals surface area contributed by atoms with Crippen LogP contribution in [0.25, 0.3) is 0 Å². The van der Waals surface area contributed by atoms with E-state index in [1.807, 2.05) is 0 Å². The summed E-state index contributed by atoms with van der Waals surface area (Å²) in [6.45, 7) is 0.480. The van der Waals surface area contributed by atoms with Crippen molar-refractivity contribution < 1.29 is 4.79 Å². The molecule has 0 aromatic heterocycles. The van der Waals surface area contributed by atoms with Gasteiger partial charge in [-0.1, -0.05) is 17.7 Å². The summed E-state index contributed by atoms with van der Waals surface area (Å²) >= 11 is 5.83. The van der Waals surface area contributed by atoms with E-state index in [1.54, 1.807) is 24.3 Å². The zero-order valence-corrected chi connectivity index (χ0v) is 10.2. The Hall–Kier alpha value is -1.26. The van der Waals surface area contributed by atoms with E-state index in [0.717, 1.165) is 12.8 Å². The minimum atomic E-state index is -0.227. The molecule has 1 aromatic rings. The summed E-state index contributed by atoms with van der Waals surface area (Å²) < 4.78 is 0. The summed E-state index contributed by atoms with van der Waals surface area (Å²) in [5.74, 6) is 0.546. The molecule has 0 radical (unpaired) electrons. The molecule has 1 unspecified atom stereocenters. The molecule has 4 nitrogen and oxygen atoms in total. The highest BCUT2D eigenvalue weighted by molar-refractivity contribution is 6.30. The second-order valence-corrected chi connectivity index (χ2v) is 4.72. The largest absolute Gasteiger partial charge is 0.334 e. The maximum atomic E-state index is 11.7. The molecule has 0 aliphatic heterocycles. The third kappa shape index (κ3) is 3.61. The lowest BCUT2D eigenvalue weighted by Crippen LogP contribution is -2.43. The zero-order chi connectivity index (χ0) is 12.3. The van der Waals surface area contributed by atoms with Gasteiger partial charge in [-0.3, -0.25) is 0 Å². The summed E-state index contributed by atoms with van der Waals surface area (Å²) in [5, 5.41) is 6.22. The molecule has 1 atom stereocenters. The molecule has 1 aliphatic rings. The van der Waals surface area contributed by atoms with Crippen LogP contribution in [0.3, 0.4) is 0 Å². The maximum absolute atomic E-state index is 11.7. The van der Waals surface area contributed by atoms with Gasteiger partial charge in [0.2, 0.25) is 0 Å². The van der Waals surface area contributed by atoms with Crippen LogP contribution < -0.4 is 16.4 Å². The Morgan fingerprint density at radius 1 is 1.53 bits per heavy atom. The Labute approximate surface area is 106 Å². The number of benzene rings is 1. The van der Waals surface area contributed by atoms with Gasteiger partial charge in [0.25, 0.3) is 0 Å². The number of urea groups is 1. The van der Waals surface area contributed by atoms with E-state index in [-0.39, 0.29) is 12.1 Å². The van der Waals surface area contributed by atoms with Crippen LogP contribution in [0.5, 0.6) is 0 Å². The molecule has 5 heteroatoms. The van der Waals surface area contributed by atoms with Gasteiger partial charge in [-0.15, -0.1) is 0 Å².